The Balaban J connectivity index is 2.93. The maximum atomic E-state index is 13.3. The van der Waals surface area contributed by atoms with E-state index in [9.17, 15) is 21.6 Å². The number of aliphatic hydroxyl groups excluding tert-OH is 1. The first-order valence-electron chi connectivity index (χ1n) is 5.28. The lowest BCUT2D eigenvalue weighted by molar-refractivity contribution is 0.276. The Morgan fingerprint density at radius 3 is 2.47 bits per heavy atom. The van der Waals surface area contributed by atoms with Gasteiger partial charge in [-0.25, -0.2) is 13.2 Å². The standard InChI is InChI=1S/C10H13F3N2O3S/c1-15(5-2-6-16)19(17,18)14-8-4-3-7(11)9(12)10(8)13/h3-4,14,16H,2,5-6H2,1H3. The smallest absolute Gasteiger partial charge is 0.301 e. The molecule has 0 unspecified atom stereocenters. The van der Waals surface area contributed by atoms with Crippen LogP contribution in [0, 0.1) is 17.5 Å². The summed E-state index contributed by atoms with van der Waals surface area (Å²) in [5.74, 6) is -4.77. The van der Waals surface area contributed by atoms with Gasteiger partial charge in [0.2, 0.25) is 0 Å². The SMILES string of the molecule is CN(CCCO)S(=O)(=O)Nc1ccc(F)c(F)c1F. The summed E-state index contributed by atoms with van der Waals surface area (Å²) in [5.41, 5.74) is -0.685. The van der Waals surface area contributed by atoms with Gasteiger partial charge in [-0.3, -0.25) is 4.72 Å². The summed E-state index contributed by atoms with van der Waals surface area (Å²) in [4.78, 5) is 0. The van der Waals surface area contributed by atoms with Crippen LogP contribution in [-0.2, 0) is 10.2 Å². The fourth-order valence-electron chi connectivity index (χ4n) is 1.24. The largest absolute Gasteiger partial charge is 0.396 e. The molecule has 0 saturated heterocycles. The van der Waals surface area contributed by atoms with Crippen LogP contribution >= 0.6 is 0 Å². The van der Waals surface area contributed by atoms with Gasteiger partial charge in [0.25, 0.3) is 0 Å². The molecule has 19 heavy (non-hydrogen) atoms. The van der Waals surface area contributed by atoms with Crippen molar-refractivity contribution in [3.05, 3.63) is 29.6 Å². The molecule has 0 amide bonds. The van der Waals surface area contributed by atoms with Gasteiger partial charge in [0.05, 0.1) is 5.69 Å². The van der Waals surface area contributed by atoms with E-state index in [1.165, 1.54) is 7.05 Å². The number of hydrogen-bond acceptors (Lipinski definition) is 3. The molecule has 0 spiro atoms. The lowest BCUT2D eigenvalue weighted by Crippen LogP contribution is -2.34. The third-order valence-electron chi connectivity index (χ3n) is 2.32. The number of anilines is 1. The number of rotatable bonds is 6. The number of hydrogen-bond donors (Lipinski definition) is 2. The van der Waals surface area contributed by atoms with Crippen molar-refractivity contribution in [3.8, 4) is 0 Å². The lowest BCUT2D eigenvalue weighted by Gasteiger charge is -2.18. The van der Waals surface area contributed by atoms with Crippen LogP contribution in [0.5, 0.6) is 0 Å². The molecule has 1 aromatic carbocycles. The van der Waals surface area contributed by atoms with Crippen LogP contribution < -0.4 is 4.72 Å². The van der Waals surface area contributed by atoms with E-state index in [2.05, 4.69) is 0 Å². The zero-order valence-corrected chi connectivity index (χ0v) is 10.8. The van der Waals surface area contributed by atoms with Crippen molar-refractivity contribution in [2.45, 2.75) is 6.42 Å². The van der Waals surface area contributed by atoms with Crippen molar-refractivity contribution in [3.63, 3.8) is 0 Å². The van der Waals surface area contributed by atoms with E-state index in [4.69, 9.17) is 5.11 Å². The highest BCUT2D eigenvalue weighted by Crippen LogP contribution is 2.21. The van der Waals surface area contributed by atoms with E-state index < -0.39 is 33.3 Å². The molecule has 1 aromatic rings. The number of nitrogens with zero attached hydrogens (tertiary/aromatic N) is 1. The summed E-state index contributed by atoms with van der Waals surface area (Å²) in [6, 6.07) is 1.40. The maximum Gasteiger partial charge on any atom is 0.301 e. The van der Waals surface area contributed by atoms with Gasteiger partial charge >= 0.3 is 10.2 Å². The van der Waals surface area contributed by atoms with Gasteiger partial charge < -0.3 is 5.11 Å². The van der Waals surface area contributed by atoms with Gasteiger partial charge in [0.1, 0.15) is 0 Å². The van der Waals surface area contributed by atoms with Crippen LogP contribution in [-0.4, -0.2) is 38.0 Å². The van der Waals surface area contributed by atoms with Crippen LogP contribution in [0.3, 0.4) is 0 Å². The Morgan fingerprint density at radius 1 is 1.26 bits per heavy atom. The summed E-state index contributed by atoms with van der Waals surface area (Å²) in [6.45, 7) is -0.212. The molecule has 0 aliphatic carbocycles. The molecule has 9 heteroatoms. The number of aliphatic hydroxyl groups is 1. The van der Waals surface area contributed by atoms with Gasteiger partial charge in [-0.2, -0.15) is 12.7 Å². The number of halogens is 3. The fourth-order valence-corrected chi connectivity index (χ4v) is 2.20. The molecule has 108 valence electrons. The molecule has 0 atom stereocenters. The zero-order valence-electron chi connectivity index (χ0n) is 10.0. The predicted molar refractivity (Wildman–Crippen MR) is 63.2 cm³/mol. The summed E-state index contributed by atoms with van der Waals surface area (Å²) < 4.78 is 65.0. The van der Waals surface area contributed by atoms with Crippen LogP contribution in [0.1, 0.15) is 6.42 Å². The van der Waals surface area contributed by atoms with E-state index in [-0.39, 0.29) is 19.6 Å². The Hall–Kier alpha value is -1.32. The Labute approximate surface area is 108 Å². The molecule has 5 nitrogen and oxygen atoms in total. The highest BCUT2D eigenvalue weighted by Gasteiger charge is 2.21. The molecule has 0 aliphatic rings. The third-order valence-corrected chi connectivity index (χ3v) is 3.80. The van der Waals surface area contributed by atoms with Gasteiger partial charge in [0, 0.05) is 20.2 Å². The quantitative estimate of drug-likeness (QED) is 0.772. The number of nitrogens with one attached hydrogen (secondary N) is 1. The summed E-state index contributed by atoms with van der Waals surface area (Å²) in [7, 11) is -2.89. The molecule has 0 aliphatic heterocycles. The van der Waals surface area contributed by atoms with Crippen LogP contribution in [0.4, 0.5) is 18.9 Å². The molecular weight excluding hydrogens is 285 g/mol. The van der Waals surface area contributed by atoms with Gasteiger partial charge in [-0.1, -0.05) is 0 Å². The molecule has 0 saturated carbocycles. The summed E-state index contributed by atoms with van der Waals surface area (Å²) in [6.07, 6.45) is 0.192. The third kappa shape index (κ3) is 3.82. The molecular formula is C10H13F3N2O3S. The van der Waals surface area contributed by atoms with E-state index in [0.717, 1.165) is 10.4 Å². The topological polar surface area (TPSA) is 69.6 Å². The minimum atomic E-state index is -4.09. The van der Waals surface area contributed by atoms with Crippen LogP contribution in [0.15, 0.2) is 12.1 Å². The summed E-state index contributed by atoms with van der Waals surface area (Å²) in [5, 5.41) is 8.59. The van der Waals surface area contributed by atoms with Crippen LogP contribution in [0.25, 0.3) is 0 Å². The molecule has 0 aromatic heterocycles. The maximum absolute atomic E-state index is 13.3. The first-order chi connectivity index (χ1) is 8.79. The normalized spacial score (nSPS) is 11.9. The zero-order chi connectivity index (χ0) is 14.6. The van der Waals surface area contributed by atoms with Crippen molar-refractivity contribution in [1.29, 1.82) is 0 Å². The van der Waals surface area contributed by atoms with Crippen molar-refractivity contribution >= 4 is 15.9 Å². The number of benzene rings is 1. The van der Waals surface area contributed by atoms with E-state index in [1.54, 1.807) is 4.72 Å². The Kier molecular flexibility index (Phi) is 5.15. The second-order valence-corrected chi connectivity index (χ2v) is 5.51. The van der Waals surface area contributed by atoms with Crippen LogP contribution in [0.2, 0.25) is 0 Å². The fraction of sp³-hybridized carbons (Fsp3) is 0.400. The van der Waals surface area contributed by atoms with E-state index in [1.807, 2.05) is 0 Å². The average molecular weight is 298 g/mol. The van der Waals surface area contributed by atoms with Crippen molar-refractivity contribution < 1.29 is 26.7 Å². The first kappa shape index (κ1) is 15.7. The molecule has 0 fully saturated rings. The van der Waals surface area contributed by atoms with Gasteiger partial charge in [0.15, 0.2) is 17.5 Å². The second kappa shape index (κ2) is 6.22. The van der Waals surface area contributed by atoms with Crippen molar-refractivity contribution in [2.75, 3.05) is 24.9 Å². The highest BCUT2D eigenvalue weighted by molar-refractivity contribution is 7.90. The van der Waals surface area contributed by atoms with E-state index >= 15 is 0 Å². The Morgan fingerprint density at radius 2 is 1.89 bits per heavy atom. The molecule has 2 N–H and O–H groups in total. The lowest BCUT2D eigenvalue weighted by atomic mass is 10.3. The van der Waals surface area contributed by atoms with Gasteiger partial charge in [-0.15, -0.1) is 0 Å². The molecule has 1 rings (SSSR count). The predicted octanol–water partition coefficient (Wildman–Crippen LogP) is 1.07. The minimum absolute atomic E-state index is 0.00285. The molecule has 0 bridgehead atoms. The minimum Gasteiger partial charge on any atom is -0.396 e. The average Bonchev–Trinajstić information content (AvgIpc) is 2.36. The highest BCUT2D eigenvalue weighted by atomic mass is 32.2. The first-order valence-corrected chi connectivity index (χ1v) is 6.72. The van der Waals surface area contributed by atoms with Crippen molar-refractivity contribution in [2.24, 2.45) is 0 Å². The second-order valence-electron chi connectivity index (χ2n) is 3.73. The summed E-state index contributed by atoms with van der Waals surface area (Å²) >= 11 is 0. The van der Waals surface area contributed by atoms with Crippen molar-refractivity contribution in [1.82, 2.24) is 4.31 Å². The Bertz CT molecular complexity index is 551. The van der Waals surface area contributed by atoms with E-state index in [0.29, 0.717) is 6.07 Å². The molecule has 0 heterocycles. The molecule has 0 radical (unpaired) electrons. The van der Waals surface area contributed by atoms with Gasteiger partial charge in [-0.05, 0) is 18.6 Å². The monoisotopic (exact) mass is 298 g/mol.